The fourth-order valence-electron chi connectivity index (χ4n) is 2.33. The number of para-hydroxylation sites is 1. The summed E-state index contributed by atoms with van der Waals surface area (Å²) in [5.74, 6) is 0.695. The molecule has 0 heterocycles. The highest BCUT2D eigenvalue weighted by Crippen LogP contribution is 2.39. The van der Waals surface area contributed by atoms with Crippen molar-refractivity contribution in [2.75, 3.05) is 13.7 Å². The Morgan fingerprint density at radius 3 is 2.81 bits per heavy atom. The Hall–Kier alpha value is -2.06. The SMILES string of the molecule is CNCc1ccccc1OCC(=O)NC(C)(C#N)C1CC1. The van der Waals surface area contributed by atoms with Crippen molar-refractivity contribution in [2.24, 2.45) is 5.92 Å². The molecule has 1 aromatic carbocycles. The van der Waals surface area contributed by atoms with Gasteiger partial charge in [0, 0.05) is 12.1 Å². The van der Waals surface area contributed by atoms with E-state index in [1.54, 1.807) is 6.92 Å². The number of amides is 1. The molecular weight excluding hydrogens is 266 g/mol. The van der Waals surface area contributed by atoms with Gasteiger partial charge < -0.3 is 15.4 Å². The normalized spacial score (nSPS) is 16.6. The van der Waals surface area contributed by atoms with Crippen molar-refractivity contribution in [3.05, 3.63) is 29.8 Å². The Bertz CT molecular complexity index is 549. The molecule has 21 heavy (non-hydrogen) atoms. The minimum atomic E-state index is -0.773. The van der Waals surface area contributed by atoms with Crippen molar-refractivity contribution in [3.8, 4) is 11.8 Å². The molecule has 1 aliphatic rings. The van der Waals surface area contributed by atoms with Gasteiger partial charge in [-0.1, -0.05) is 18.2 Å². The first kappa shape index (κ1) is 15.3. The van der Waals surface area contributed by atoms with Crippen LogP contribution < -0.4 is 15.4 Å². The van der Waals surface area contributed by atoms with Crippen LogP contribution in [0.1, 0.15) is 25.3 Å². The summed E-state index contributed by atoms with van der Waals surface area (Å²) in [7, 11) is 1.86. The van der Waals surface area contributed by atoms with E-state index in [9.17, 15) is 10.1 Å². The van der Waals surface area contributed by atoms with Crippen LogP contribution in [0.3, 0.4) is 0 Å². The molecule has 1 fully saturated rings. The summed E-state index contributed by atoms with van der Waals surface area (Å²) in [5, 5.41) is 15.1. The number of carbonyl (C=O) groups is 1. The number of nitriles is 1. The van der Waals surface area contributed by atoms with Crippen LogP contribution in [0.25, 0.3) is 0 Å². The largest absolute Gasteiger partial charge is 0.483 e. The van der Waals surface area contributed by atoms with Crippen molar-refractivity contribution in [1.29, 1.82) is 5.26 Å². The highest BCUT2D eigenvalue weighted by molar-refractivity contribution is 5.79. The molecule has 1 saturated carbocycles. The lowest BCUT2D eigenvalue weighted by molar-refractivity contribution is -0.124. The minimum Gasteiger partial charge on any atom is -0.483 e. The summed E-state index contributed by atoms with van der Waals surface area (Å²) in [6.45, 7) is 2.37. The smallest absolute Gasteiger partial charge is 0.259 e. The molecule has 0 radical (unpaired) electrons. The molecule has 1 aliphatic carbocycles. The Morgan fingerprint density at radius 2 is 2.19 bits per heavy atom. The summed E-state index contributed by atoms with van der Waals surface area (Å²) in [6.07, 6.45) is 1.99. The molecule has 2 rings (SSSR count). The summed E-state index contributed by atoms with van der Waals surface area (Å²) >= 11 is 0. The lowest BCUT2D eigenvalue weighted by Crippen LogP contribution is -2.48. The average Bonchev–Trinajstić information content (AvgIpc) is 3.31. The fraction of sp³-hybridized carbons (Fsp3) is 0.500. The maximum Gasteiger partial charge on any atom is 0.259 e. The number of ether oxygens (including phenoxy) is 1. The third-order valence-corrected chi connectivity index (χ3v) is 3.72. The van der Waals surface area contributed by atoms with E-state index in [-0.39, 0.29) is 18.4 Å². The van der Waals surface area contributed by atoms with Gasteiger partial charge in [0.25, 0.3) is 5.91 Å². The Kier molecular flexibility index (Phi) is 4.81. The topological polar surface area (TPSA) is 74.2 Å². The van der Waals surface area contributed by atoms with Crippen LogP contribution in [0.2, 0.25) is 0 Å². The summed E-state index contributed by atoms with van der Waals surface area (Å²) in [4.78, 5) is 12.0. The Labute approximate surface area is 125 Å². The molecule has 1 unspecified atom stereocenters. The van der Waals surface area contributed by atoms with Gasteiger partial charge in [0.15, 0.2) is 6.61 Å². The predicted octanol–water partition coefficient (Wildman–Crippen LogP) is 1.59. The monoisotopic (exact) mass is 287 g/mol. The number of rotatable bonds is 7. The zero-order valence-corrected chi connectivity index (χ0v) is 12.5. The van der Waals surface area contributed by atoms with Crippen LogP contribution in [0.15, 0.2) is 24.3 Å². The maximum atomic E-state index is 12.0. The first-order valence-electron chi connectivity index (χ1n) is 7.16. The molecule has 0 aromatic heterocycles. The molecule has 1 aromatic rings. The van der Waals surface area contributed by atoms with E-state index in [0.29, 0.717) is 12.3 Å². The first-order valence-corrected chi connectivity index (χ1v) is 7.16. The molecule has 0 bridgehead atoms. The Balaban J connectivity index is 1.91. The molecule has 0 aliphatic heterocycles. The zero-order valence-electron chi connectivity index (χ0n) is 12.5. The van der Waals surface area contributed by atoms with Crippen LogP contribution in [-0.4, -0.2) is 25.1 Å². The van der Waals surface area contributed by atoms with Crippen LogP contribution in [0, 0.1) is 17.2 Å². The van der Waals surface area contributed by atoms with E-state index in [2.05, 4.69) is 16.7 Å². The van der Waals surface area contributed by atoms with E-state index >= 15 is 0 Å². The third-order valence-electron chi connectivity index (χ3n) is 3.72. The number of benzene rings is 1. The van der Waals surface area contributed by atoms with Gasteiger partial charge in [-0.05, 0) is 38.8 Å². The number of nitrogens with one attached hydrogen (secondary N) is 2. The van der Waals surface area contributed by atoms with Gasteiger partial charge >= 0.3 is 0 Å². The van der Waals surface area contributed by atoms with Crippen molar-refractivity contribution < 1.29 is 9.53 Å². The minimum absolute atomic E-state index is 0.0787. The zero-order chi connectivity index (χ0) is 15.3. The molecule has 0 spiro atoms. The molecular formula is C16H21N3O2. The summed E-state index contributed by atoms with van der Waals surface area (Å²) < 4.78 is 5.58. The van der Waals surface area contributed by atoms with Gasteiger partial charge in [-0.15, -0.1) is 0 Å². The summed E-state index contributed by atoms with van der Waals surface area (Å²) in [6, 6.07) is 9.79. The second-order valence-electron chi connectivity index (χ2n) is 5.56. The quantitative estimate of drug-likeness (QED) is 0.798. The fourth-order valence-corrected chi connectivity index (χ4v) is 2.33. The van der Waals surface area contributed by atoms with Crippen molar-refractivity contribution in [3.63, 3.8) is 0 Å². The highest BCUT2D eigenvalue weighted by atomic mass is 16.5. The Morgan fingerprint density at radius 1 is 1.48 bits per heavy atom. The second-order valence-corrected chi connectivity index (χ2v) is 5.56. The number of nitrogens with zero attached hydrogens (tertiary/aromatic N) is 1. The van der Waals surface area contributed by atoms with Crippen molar-refractivity contribution >= 4 is 5.91 Å². The molecule has 112 valence electrons. The average molecular weight is 287 g/mol. The third kappa shape index (κ3) is 3.96. The lowest BCUT2D eigenvalue weighted by Gasteiger charge is -2.23. The van der Waals surface area contributed by atoms with Gasteiger partial charge in [0.1, 0.15) is 11.3 Å². The standard InChI is InChI=1S/C16H21N3O2/c1-16(11-17,13-7-8-13)19-15(20)10-21-14-6-4-3-5-12(14)9-18-2/h3-6,13,18H,7-10H2,1-2H3,(H,19,20). The number of carbonyl (C=O) groups excluding carboxylic acids is 1. The first-order chi connectivity index (χ1) is 10.1. The lowest BCUT2D eigenvalue weighted by atomic mass is 9.98. The van der Waals surface area contributed by atoms with Crippen LogP contribution in [-0.2, 0) is 11.3 Å². The van der Waals surface area contributed by atoms with Crippen LogP contribution in [0.5, 0.6) is 5.75 Å². The van der Waals surface area contributed by atoms with Gasteiger partial charge in [-0.2, -0.15) is 5.26 Å². The van der Waals surface area contributed by atoms with Crippen molar-refractivity contribution in [1.82, 2.24) is 10.6 Å². The molecule has 0 saturated heterocycles. The van der Waals surface area contributed by atoms with E-state index in [1.165, 1.54) is 0 Å². The van der Waals surface area contributed by atoms with E-state index in [4.69, 9.17) is 4.74 Å². The van der Waals surface area contributed by atoms with Gasteiger partial charge in [-0.25, -0.2) is 0 Å². The van der Waals surface area contributed by atoms with E-state index in [1.807, 2.05) is 31.3 Å². The molecule has 1 atom stereocenters. The van der Waals surface area contributed by atoms with Gasteiger partial charge in [0.05, 0.1) is 6.07 Å². The van der Waals surface area contributed by atoms with Gasteiger partial charge in [0.2, 0.25) is 0 Å². The van der Waals surface area contributed by atoms with Crippen molar-refractivity contribution in [2.45, 2.75) is 31.8 Å². The van der Waals surface area contributed by atoms with E-state index < -0.39 is 5.54 Å². The number of hydrogen-bond donors (Lipinski definition) is 2. The molecule has 2 N–H and O–H groups in total. The molecule has 5 nitrogen and oxygen atoms in total. The highest BCUT2D eigenvalue weighted by Gasteiger charge is 2.43. The number of hydrogen-bond acceptors (Lipinski definition) is 4. The predicted molar refractivity (Wildman–Crippen MR) is 79.6 cm³/mol. The van der Waals surface area contributed by atoms with Crippen LogP contribution >= 0.6 is 0 Å². The summed E-state index contributed by atoms with van der Waals surface area (Å²) in [5.41, 5.74) is 0.225. The molecule has 1 amide bonds. The molecule has 5 heteroatoms. The second kappa shape index (κ2) is 6.59. The van der Waals surface area contributed by atoms with Crippen LogP contribution in [0.4, 0.5) is 0 Å². The van der Waals surface area contributed by atoms with Gasteiger partial charge in [-0.3, -0.25) is 4.79 Å². The van der Waals surface area contributed by atoms with E-state index in [0.717, 1.165) is 18.4 Å². The maximum absolute atomic E-state index is 12.0.